The minimum absolute atomic E-state index is 0.0555. The molecule has 0 spiro atoms. The number of hydrogen-bond acceptors (Lipinski definition) is 3. The van der Waals surface area contributed by atoms with Crippen LogP contribution in [-0.2, 0) is 16.2 Å². The van der Waals surface area contributed by atoms with E-state index in [0.717, 1.165) is 16.2 Å². The smallest absolute Gasteiger partial charge is 0.149 e. The van der Waals surface area contributed by atoms with Gasteiger partial charge in [-0.05, 0) is 147 Å². The standard InChI is InChI=1S/C63H63N3O/c1-39-29-40(2)31-46(30-39)45-27-28-64-55(36-45)49-34-47(42-17-14-13-15-18-42)33-48(35-49)52-19-16-20-57-58(52)65-60(53-37-51(62(7,8)9)38-54(59(53)67)63(10,11)12)66(57)56-26-23-44(32-41(56)3)43-21-24-50(25-22-43)61(4,5)6/h13-38,67H,1-12H3/i1D3,2D3,3D3,7D3,8D3,9D3,10D3,11D3,12D3. The lowest BCUT2D eigenvalue weighted by molar-refractivity contribution is 0.446. The first-order valence-corrected chi connectivity index (χ1v) is 21.4. The monoisotopic (exact) mass is 905 g/mol. The van der Waals surface area contributed by atoms with Crippen LogP contribution < -0.4 is 0 Å². The van der Waals surface area contributed by atoms with E-state index in [4.69, 9.17) is 42.0 Å². The first kappa shape index (κ1) is 23.1. The van der Waals surface area contributed by atoms with E-state index in [0.29, 0.717) is 45.0 Å². The van der Waals surface area contributed by atoms with Crippen LogP contribution in [0.25, 0.3) is 83.9 Å². The Bertz CT molecular complexity index is 4240. The van der Waals surface area contributed by atoms with Crippen LogP contribution in [0.5, 0.6) is 5.75 Å². The summed E-state index contributed by atoms with van der Waals surface area (Å²) in [6.45, 7) is -27.8. The predicted octanol–water partition coefficient (Wildman–Crippen LogP) is 16.9. The average Bonchev–Trinajstić information content (AvgIpc) is 0.795. The first-order valence-electron chi connectivity index (χ1n) is 34.9. The minimum atomic E-state index is -4.29. The molecule has 9 aromatic rings. The van der Waals surface area contributed by atoms with Gasteiger partial charge in [0.25, 0.3) is 0 Å². The lowest BCUT2D eigenvalue weighted by Gasteiger charge is -2.27. The quantitative estimate of drug-likeness (QED) is 0.173. The molecule has 336 valence electrons. The molecule has 0 fully saturated rings. The fraction of sp³-hybridized carbons (Fsp3) is 0.238. The van der Waals surface area contributed by atoms with Crippen molar-refractivity contribution in [3.05, 3.63) is 191 Å². The molecule has 2 heterocycles. The fourth-order valence-corrected chi connectivity index (χ4v) is 8.43. The van der Waals surface area contributed by atoms with Crippen molar-refractivity contribution in [2.24, 2.45) is 0 Å². The highest BCUT2D eigenvalue weighted by molar-refractivity contribution is 5.98. The van der Waals surface area contributed by atoms with Gasteiger partial charge in [0.2, 0.25) is 0 Å². The van der Waals surface area contributed by atoms with Crippen LogP contribution in [0.4, 0.5) is 0 Å². The second-order valence-electron chi connectivity index (χ2n) is 17.8. The third kappa shape index (κ3) is 8.98. The molecule has 0 unspecified atom stereocenters. The molecule has 0 amide bonds. The number of phenols is 1. The maximum atomic E-state index is 13.1. The summed E-state index contributed by atoms with van der Waals surface area (Å²) in [5.41, 5.74) is -9.23. The summed E-state index contributed by atoms with van der Waals surface area (Å²) in [4.78, 5) is 9.72. The van der Waals surface area contributed by atoms with Gasteiger partial charge in [-0.3, -0.25) is 9.55 Å². The number of aromatic nitrogens is 3. The largest absolute Gasteiger partial charge is 0.507 e. The summed E-state index contributed by atoms with van der Waals surface area (Å²) in [6.07, 6.45) is 1.44. The first-order chi connectivity index (χ1) is 42.9. The van der Waals surface area contributed by atoms with Crippen LogP contribution in [0.3, 0.4) is 0 Å². The molecule has 7 aromatic carbocycles. The lowest BCUT2D eigenvalue weighted by Crippen LogP contribution is -2.17. The summed E-state index contributed by atoms with van der Waals surface area (Å²) in [6, 6.07) is 38.0. The lowest BCUT2D eigenvalue weighted by atomic mass is 9.79. The number of fused-ring (bicyclic) bond motifs is 1. The summed E-state index contributed by atoms with van der Waals surface area (Å²) in [5.74, 6) is -2.28. The van der Waals surface area contributed by atoms with E-state index in [2.05, 4.69) is 4.98 Å². The number of pyridine rings is 1. The molecular weight excluding hydrogens is 815 g/mol. The number of rotatable bonds is 7. The maximum Gasteiger partial charge on any atom is 0.149 e. The highest BCUT2D eigenvalue weighted by Gasteiger charge is 2.29. The molecule has 0 aliphatic heterocycles. The third-order valence-electron chi connectivity index (χ3n) is 11.9. The molecule has 1 N–H and O–H groups in total. The Labute approximate surface area is 436 Å². The SMILES string of the molecule is [2H]C([2H])([2H])c1cc(-c2ccnc(-c3cc(-c4ccccc4)cc(-c4cccc5c4nc(-c4cc(C(C([2H])([2H])[2H])(C([2H])([2H])[2H])C([2H])([2H])[2H])cc(C(C([2H])([2H])[2H])(C([2H])([2H])[2H])C([2H])([2H])[2H])c4O)n5-c4ccc(-c5ccc(C(C)(C)C)cc5)cc4C([2H])([2H])[2H])c3)c2)cc(C([2H])([2H])[2H])c1. The number of phenolic OH excluding ortho intramolecular Hbond substituents is 1. The van der Waals surface area contributed by atoms with Crippen LogP contribution in [0.2, 0.25) is 0 Å². The summed E-state index contributed by atoms with van der Waals surface area (Å²) < 4.78 is 236. The van der Waals surface area contributed by atoms with Crippen molar-refractivity contribution in [3.63, 3.8) is 0 Å². The van der Waals surface area contributed by atoms with E-state index in [1.807, 2.05) is 32.9 Å². The Morgan fingerprint density at radius 2 is 1.16 bits per heavy atom. The van der Waals surface area contributed by atoms with E-state index >= 15 is 0 Å². The van der Waals surface area contributed by atoms with Crippen molar-refractivity contribution < 1.29 is 42.1 Å². The van der Waals surface area contributed by atoms with Crippen molar-refractivity contribution in [2.45, 2.75) is 98.7 Å². The number of nitrogens with zero attached hydrogens (tertiary/aromatic N) is 3. The Balaban J connectivity index is 1.47. The topological polar surface area (TPSA) is 50.9 Å². The molecule has 0 bridgehead atoms. The Kier molecular flexibility index (Phi) is 5.86. The number of imidazole rings is 1. The zero-order chi connectivity index (χ0) is 70.1. The van der Waals surface area contributed by atoms with E-state index in [1.54, 1.807) is 84.9 Å². The highest BCUT2D eigenvalue weighted by Crippen LogP contribution is 2.45. The number of aryl methyl sites for hydroxylation is 3. The molecule has 4 heteroatoms. The summed E-state index contributed by atoms with van der Waals surface area (Å²) >= 11 is 0. The molecular formula is C63H63N3O. The van der Waals surface area contributed by atoms with Gasteiger partial charge in [0, 0.05) is 59.9 Å². The van der Waals surface area contributed by atoms with Crippen molar-refractivity contribution >= 4 is 11.0 Å². The van der Waals surface area contributed by atoms with Gasteiger partial charge in [-0.2, -0.15) is 0 Å². The Hall–Kier alpha value is -7.04. The minimum Gasteiger partial charge on any atom is -0.507 e. The molecule has 67 heavy (non-hydrogen) atoms. The number of hydrogen-bond donors (Lipinski definition) is 1. The normalized spacial score (nSPS) is 19.9. The van der Waals surface area contributed by atoms with Gasteiger partial charge in [-0.25, -0.2) is 4.98 Å². The number of benzene rings is 7. The van der Waals surface area contributed by atoms with Crippen molar-refractivity contribution in [3.8, 4) is 78.6 Å². The van der Waals surface area contributed by atoms with Crippen LogP contribution in [0, 0.1) is 20.6 Å². The van der Waals surface area contributed by atoms with Crippen LogP contribution >= 0.6 is 0 Å². The highest BCUT2D eigenvalue weighted by atomic mass is 16.3. The summed E-state index contributed by atoms with van der Waals surface area (Å²) in [7, 11) is 0. The predicted molar refractivity (Wildman–Crippen MR) is 283 cm³/mol. The molecule has 4 nitrogen and oxygen atoms in total. The van der Waals surface area contributed by atoms with Gasteiger partial charge in [-0.1, -0.05) is 170 Å². The molecule has 0 radical (unpaired) electrons. The zero-order valence-electron chi connectivity index (χ0n) is 63.8. The van der Waals surface area contributed by atoms with E-state index in [1.165, 1.54) is 42.6 Å². The number of aromatic hydroxyl groups is 1. The fourth-order valence-electron chi connectivity index (χ4n) is 8.43. The van der Waals surface area contributed by atoms with Crippen molar-refractivity contribution in [2.75, 3.05) is 0 Å². The van der Waals surface area contributed by atoms with Gasteiger partial charge in [-0.15, -0.1) is 0 Å². The average molecular weight is 905 g/mol. The van der Waals surface area contributed by atoms with Gasteiger partial charge in [0.1, 0.15) is 11.6 Å². The van der Waals surface area contributed by atoms with Crippen molar-refractivity contribution in [1.82, 2.24) is 14.5 Å². The molecule has 0 saturated heterocycles. The van der Waals surface area contributed by atoms with Gasteiger partial charge in [0.15, 0.2) is 0 Å². The van der Waals surface area contributed by atoms with Crippen LogP contribution in [-0.4, -0.2) is 19.6 Å². The molecule has 0 aliphatic carbocycles. The second kappa shape index (κ2) is 17.0. The maximum absolute atomic E-state index is 13.1. The molecule has 0 saturated carbocycles. The van der Waals surface area contributed by atoms with Gasteiger partial charge >= 0.3 is 0 Å². The van der Waals surface area contributed by atoms with Crippen LogP contribution in [0.1, 0.15) is 132 Å². The second-order valence-corrected chi connectivity index (χ2v) is 17.8. The Morgan fingerprint density at radius 3 is 1.87 bits per heavy atom. The third-order valence-corrected chi connectivity index (χ3v) is 11.9. The summed E-state index contributed by atoms with van der Waals surface area (Å²) in [5, 5.41) is 13.1. The van der Waals surface area contributed by atoms with Crippen molar-refractivity contribution in [1.29, 1.82) is 0 Å². The van der Waals surface area contributed by atoms with Gasteiger partial charge < -0.3 is 5.11 Å². The van der Waals surface area contributed by atoms with Gasteiger partial charge in [0.05, 0.1) is 28.0 Å². The zero-order valence-corrected chi connectivity index (χ0v) is 36.8. The van der Waals surface area contributed by atoms with E-state index in [9.17, 15) is 5.11 Å². The van der Waals surface area contributed by atoms with E-state index < -0.39 is 106 Å². The van der Waals surface area contributed by atoms with Crippen LogP contribution in [0.15, 0.2) is 158 Å². The number of para-hydroxylation sites is 1. The molecule has 0 atom stereocenters. The molecule has 9 rings (SSSR count). The Morgan fingerprint density at radius 1 is 0.493 bits per heavy atom. The molecule has 2 aromatic heterocycles. The van der Waals surface area contributed by atoms with E-state index in [-0.39, 0.29) is 56.1 Å². The molecule has 0 aliphatic rings.